The van der Waals surface area contributed by atoms with E-state index in [-0.39, 0.29) is 0 Å². The SMILES string of the molecule is CC(C)=CCC[C@@H](C)NCCc1ccc(O)cc1. The molecule has 0 fully saturated rings. The van der Waals surface area contributed by atoms with Gasteiger partial charge in [-0.2, -0.15) is 0 Å². The summed E-state index contributed by atoms with van der Waals surface area (Å²) in [7, 11) is 0. The molecule has 0 aliphatic rings. The Balaban J connectivity index is 2.17. The molecule has 0 amide bonds. The third kappa shape index (κ3) is 6.45. The van der Waals surface area contributed by atoms with Crippen LogP contribution in [0.5, 0.6) is 5.75 Å². The van der Waals surface area contributed by atoms with Crippen LogP contribution < -0.4 is 5.32 Å². The fourth-order valence-corrected chi connectivity index (χ4v) is 1.85. The zero-order valence-electron chi connectivity index (χ0n) is 11.7. The van der Waals surface area contributed by atoms with E-state index in [4.69, 9.17) is 0 Å². The molecule has 0 aliphatic carbocycles. The van der Waals surface area contributed by atoms with Gasteiger partial charge in [-0.3, -0.25) is 0 Å². The Kier molecular flexibility index (Phi) is 6.51. The highest BCUT2D eigenvalue weighted by molar-refractivity contribution is 5.25. The van der Waals surface area contributed by atoms with E-state index in [1.54, 1.807) is 12.1 Å². The highest BCUT2D eigenvalue weighted by Crippen LogP contribution is 2.09. The third-order valence-corrected chi connectivity index (χ3v) is 3.00. The number of aromatic hydroxyl groups is 1. The molecule has 0 aliphatic heterocycles. The van der Waals surface area contributed by atoms with E-state index in [0.717, 1.165) is 19.4 Å². The van der Waals surface area contributed by atoms with Crippen LogP contribution >= 0.6 is 0 Å². The van der Waals surface area contributed by atoms with Crippen LogP contribution in [0.15, 0.2) is 35.9 Å². The smallest absolute Gasteiger partial charge is 0.115 e. The predicted molar refractivity (Wildman–Crippen MR) is 77.9 cm³/mol. The lowest BCUT2D eigenvalue weighted by Gasteiger charge is -2.12. The van der Waals surface area contributed by atoms with Gasteiger partial charge in [-0.1, -0.05) is 23.8 Å². The second-order valence-corrected chi connectivity index (χ2v) is 5.13. The topological polar surface area (TPSA) is 32.3 Å². The first-order valence-corrected chi connectivity index (χ1v) is 6.72. The molecule has 2 heteroatoms. The zero-order valence-corrected chi connectivity index (χ0v) is 11.7. The average molecular weight is 247 g/mol. The molecule has 0 unspecified atom stereocenters. The van der Waals surface area contributed by atoms with Gasteiger partial charge in [-0.15, -0.1) is 0 Å². The average Bonchev–Trinajstić information content (AvgIpc) is 2.31. The summed E-state index contributed by atoms with van der Waals surface area (Å²) in [5.41, 5.74) is 2.66. The number of rotatable bonds is 7. The van der Waals surface area contributed by atoms with Crippen LogP contribution in [0.1, 0.15) is 39.2 Å². The van der Waals surface area contributed by atoms with Crippen LogP contribution in [-0.4, -0.2) is 17.7 Å². The largest absolute Gasteiger partial charge is 0.508 e. The van der Waals surface area contributed by atoms with Crippen molar-refractivity contribution in [3.05, 3.63) is 41.5 Å². The Labute approximate surface area is 111 Å². The van der Waals surface area contributed by atoms with Crippen molar-refractivity contribution in [1.82, 2.24) is 5.32 Å². The maximum Gasteiger partial charge on any atom is 0.115 e. The molecule has 0 saturated heterocycles. The van der Waals surface area contributed by atoms with E-state index < -0.39 is 0 Å². The van der Waals surface area contributed by atoms with Gasteiger partial charge in [-0.25, -0.2) is 0 Å². The van der Waals surface area contributed by atoms with Crippen molar-refractivity contribution in [2.24, 2.45) is 0 Å². The molecule has 0 radical (unpaired) electrons. The van der Waals surface area contributed by atoms with E-state index in [1.807, 2.05) is 12.1 Å². The maximum atomic E-state index is 9.19. The summed E-state index contributed by atoms with van der Waals surface area (Å²) in [5.74, 6) is 0.335. The molecule has 2 N–H and O–H groups in total. The van der Waals surface area contributed by atoms with Crippen LogP contribution in [0.25, 0.3) is 0 Å². The molecule has 2 nitrogen and oxygen atoms in total. The molecule has 1 atom stereocenters. The summed E-state index contributed by atoms with van der Waals surface area (Å²) >= 11 is 0. The van der Waals surface area contributed by atoms with Gasteiger partial charge in [0.2, 0.25) is 0 Å². The van der Waals surface area contributed by atoms with Crippen LogP contribution in [0.4, 0.5) is 0 Å². The number of benzene rings is 1. The first-order valence-electron chi connectivity index (χ1n) is 6.72. The number of phenolic OH excluding ortho intramolecular Hbond substituents is 1. The van der Waals surface area contributed by atoms with Crippen molar-refractivity contribution in [1.29, 1.82) is 0 Å². The molecular weight excluding hydrogens is 222 g/mol. The number of allylic oxidation sites excluding steroid dienone is 2. The minimum Gasteiger partial charge on any atom is -0.508 e. The molecule has 0 spiro atoms. The lowest BCUT2D eigenvalue weighted by molar-refractivity contribution is 0.475. The van der Waals surface area contributed by atoms with Crippen LogP contribution in [0.2, 0.25) is 0 Å². The Morgan fingerprint density at radius 1 is 1.28 bits per heavy atom. The Morgan fingerprint density at radius 3 is 2.56 bits per heavy atom. The van der Waals surface area contributed by atoms with Gasteiger partial charge >= 0.3 is 0 Å². The number of hydrogen-bond donors (Lipinski definition) is 2. The first-order chi connectivity index (χ1) is 8.58. The molecule has 0 bridgehead atoms. The normalized spacial score (nSPS) is 12.2. The van der Waals surface area contributed by atoms with Gasteiger partial charge in [-0.05, 0) is 64.3 Å². The maximum absolute atomic E-state index is 9.19. The minimum atomic E-state index is 0.335. The summed E-state index contributed by atoms with van der Waals surface area (Å²) in [6.07, 6.45) is 5.63. The predicted octanol–water partition coefficient (Wildman–Crippen LogP) is 3.66. The third-order valence-electron chi connectivity index (χ3n) is 3.00. The molecule has 18 heavy (non-hydrogen) atoms. The monoisotopic (exact) mass is 247 g/mol. The van der Waals surface area contributed by atoms with E-state index in [2.05, 4.69) is 32.2 Å². The van der Waals surface area contributed by atoms with E-state index in [0.29, 0.717) is 11.8 Å². The van der Waals surface area contributed by atoms with Crippen molar-refractivity contribution < 1.29 is 5.11 Å². The molecule has 0 heterocycles. The van der Waals surface area contributed by atoms with Gasteiger partial charge < -0.3 is 10.4 Å². The van der Waals surface area contributed by atoms with E-state index in [1.165, 1.54) is 17.6 Å². The lowest BCUT2D eigenvalue weighted by atomic mass is 10.1. The van der Waals surface area contributed by atoms with Gasteiger partial charge in [0.1, 0.15) is 5.75 Å². The molecule has 1 aromatic rings. The number of nitrogens with one attached hydrogen (secondary N) is 1. The molecule has 1 rings (SSSR count). The quantitative estimate of drug-likeness (QED) is 0.721. The number of phenols is 1. The Morgan fingerprint density at radius 2 is 1.94 bits per heavy atom. The van der Waals surface area contributed by atoms with Crippen LogP contribution in [0, 0.1) is 0 Å². The van der Waals surface area contributed by atoms with E-state index >= 15 is 0 Å². The summed E-state index contributed by atoms with van der Waals surface area (Å²) in [6, 6.07) is 7.99. The Hall–Kier alpha value is -1.28. The molecule has 0 saturated carbocycles. The van der Waals surface area contributed by atoms with Crippen molar-refractivity contribution in [2.75, 3.05) is 6.54 Å². The highest BCUT2D eigenvalue weighted by Gasteiger charge is 2.00. The van der Waals surface area contributed by atoms with Gasteiger partial charge in [0, 0.05) is 6.04 Å². The zero-order chi connectivity index (χ0) is 13.4. The fourth-order valence-electron chi connectivity index (χ4n) is 1.85. The van der Waals surface area contributed by atoms with Crippen molar-refractivity contribution >= 4 is 0 Å². The first kappa shape index (κ1) is 14.8. The van der Waals surface area contributed by atoms with Gasteiger partial charge in [0.25, 0.3) is 0 Å². The summed E-state index contributed by atoms with van der Waals surface area (Å²) in [5, 5.41) is 12.7. The summed E-state index contributed by atoms with van der Waals surface area (Å²) in [4.78, 5) is 0. The Bertz CT molecular complexity index is 363. The van der Waals surface area contributed by atoms with E-state index in [9.17, 15) is 5.11 Å². The van der Waals surface area contributed by atoms with Crippen LogP contribution in [-0.2, 0) is 6.42 Å². The molecule has 100 valence electrons. The standard InChI is InChI=1S/C16H25NO/c1-13(2)5-4-6-14(3)17-12-11-15-7-9-16(18)10-8-15/h5,7-10,14,17-18H,4,6,11-12H2,1-3H3/t14-/m1/s1. The van der Waals surface area contributed by atoms with Crippen molar-refractivity contribution in [3.8, 4) is 5.75 Å². The summed E-state index contributed by atoms with van der Waals surface area (Å²) in [6.45, 7) is 7.50. The summed E-state index contributed by atoms with van der Waals surface area (Å²) < 4.78 is 0. The molecular formula is C16H25NO. The molecule has 1 aromatic carbocycles. The fraction of sp³-hybridized carbons (Fsp3) is 0.500. The van der Waals surface area contributed by atoms with Gasteiger partial charge in [0.15, 0.2) is 0 Å². The number of hydrogen-bond acceptors (Lipinski definition) is 2. The van der Waals surface area contributed by atoms with Crippen molar-refractivity contribution in [3.63, 3.8) is 0 Å². The lowest BCUT2D eigenvalue weighted by Crippen LogP contribution is -2.27. The van der Waals surface area contributed by atoms with Gasteiger partial charge in [0.05, 0.1) is 0 Å². The van der Waals surface area contributed by atoms with Crippen molar-refractivity contribution in [2.45, 2.75) is 46.1 Å². The molecule has 0 aromatic heterocycles. The minimum absolute atomic E-state index is 0.335. The highest BCUT2D eigenvalue weighted by atomic mass is 16.3. The second kappa shape index (κ2) is 7.93. The van der Waals surface area contributed by atoms with Crippen LogP contribution in [0.3, 0.4) is 0 Å². The second-order valence-electron chi connectivity index (χ2n) is 5.13.